The zero-order valence-electron chi connectivity index (χ0n) is 21.4. The van der Waals surface area contributed by atoms with Gasteiger partial charge in [0.25, 0.3) is 0 Å². The van der Waals surface area contributed by atoms with Crippen LogP contribution in [0.5, 0.6) is 5.75 Å². The first-order valence-electron chi connectivity index (χ1n) is 12.3. The SMILES string of the molecule is CC[C@@H]1CN(c2nc(=O)n(C)c3ccc(C#N)nc23)[C@@H](C)CN1C(C)c1ccc(OC(C)C)cc1. The predicted molar refractivity (Wildman–Crippen MR) is 138 cm³/mol. The number of piperazine rings is 1. The van der Waals surface area contributed by atoms with Crippen LogP contribution in [0.2, 0.25) is 0 Å². The summed E-state index contributed by atoms with van der Waals surface area (Å²) in [5.74, 6) is 1.45. The van der Waals surface area contributed by atoms with Crippen LogP contribution in [0.15, 0.2) is 41.2 Å². The minimum Gasteiger partial charge on any atom is -0.491 e. The van der Waals surface area contributed by atoms with Gasteiger partial charge < -0.3 is 9.64 Å². The van der Waals surface area contributed by atoms with Crippen molar-refractivity contribution in [1.29, 1.82) is 5.26 Å². The molecule has 2 aromatic heterocycles. The third kappa shape index (κ3) is 4.87. The molecule has 0 N–H and O–H groups in total. The summed E-state index contributed by atoms with van der Waals surface area (Å²) < 4.78 is 7.29. The van der Waals surface area contributed by atoms with E-state index in [1.54, 1.807) is 19.2 Å². The van der Waals surface area contributed by atoms with Gasteiger partial charge in [-0.3, -0.25) is 9.47 Å². The lowest BCUT2D eigenvalue weighted by Gasteiger charge is -2.48. The zero-order valence-corrected chi connectivity index (χ0v) is 21.4. The number of aryl methyl sites for hydroxylation is 1. The second-order valence-electron chi connectivity index (χ2n) is 9.62. The molecule has 3 atom stereocenters. The van der Waals surface area contributed by atoms with Crippen LogP contribution in [0.25, 0.3) is 11.0 Å². The second kappa shape index (κ2) is 10.0. The summed E-state index contributed by atoms with van der Waals surface area (Å²) in [6.45, 7) is 12.2. The quantitative estimate of drug-likeness (QED) is 0.533. The summed E-state index contributed by atoms with van der Waals surface area (Å²) in [6, 6.07) is 14.5. The molecule has 184 valence electrons. The lowest BCUT2D eigenvalue weighted by molar-refractivity contribution is 0.105. The van der Waals surface area contributed by atoms with Crippen LogP contribution in [0.3, 0.4) is 0 Å². The fraction of sp³-hybridized carbons (Fsp3) is 0.481. The van der Waals surface area contributed by atoms with Crippen molar-refractivity contribution < 1.29 is 4.74 Å². The highest BCUT2D eigenvalue weighted by molar-refractivity contribution is 5.86. The van der Waals surface area contributed by atoms with Crippen molar-refractivity contribution in [3.05, 3.63) is 58.1 Å². The van der Waals surface area contributed by atoms with E-state index in [4.69, 9.17) is 4.74 Å². The van der Waals surface area contributed by atoms with Crippen LogP contribution in [0.1, 0.15) is 58.3 Å². The molecular weight excluding hydrogens is 440 g/mol. The maximum Gasteiger partial charge on any atom is 0.349 e. The van der Waals surface area contributed by atoms with Crippen molar-refractivity contribution in [2.75, 3.05) is 18.0 Å². The Bertz CT molecular complexity index is 1290. The molecular formula is C27H34N6O2. The molecule has 3 aromatic rings. The fourth-order valence-corrected chi connectivity index (χ4v) is 4.96. The number of pyridine rings is 1. The van der Waals surface area contributed by atoms with Gasteiger partial charge in [0.2, 0.25) is 0 Å². The maximum absolute atomic E-state index is 12.7. The number of hydrogen-bond acceptors (Lipinski definition) is 7. The van der Waals surface area contributed by atoms with Crippen LogP contribution in [-0.2, 0) is 7.05 Å². The van der Waals surface area contributed by atoms with Gasteiger partial charge >= 0.3 is 5.69 Å². The van der Waals surface area contributed by atoms with Gasteiger partial charge in [-0.1, -0.05) is 19.1 Å². The van der Waals surface area contributed by atoms with E-state index >= 15 is 0 Å². The number of ether oxygens (including phenoxy) is 1. The Balaban J connectivity index is 1.64. The highest BCUT2D eigenvalue weighted by Crippen LogP contribution is 2.33. The van der Waals surface area contributed by atoms with Crippen molar-refractivity contribution in [3.8, 4) is 11.8 Å². The molecule has 1 saturated heterocycles. The average molecular weight is 475 g/mol. The van der Waals surface area contributed by atoms with Crippen molar-refractivity contribution in [2.45, 2.75) is 65.3 Å². The summed E-state index contributed by atoms with van der Waals surface area (Å²) in [5, 5.41) is 9.39. The lowest BCUT2D eigenvalue weighted by atomic mass is 9.98. The smallest absolute Gasteiger partial charge is 0.349 e. The Morgan fingerprint density at radius 1 is 1.11 bits per heavy atom. The second-order valence-corrected chi connectivity index (χ2v) is 9.62. The first-order valence-corrected chi connectivity index (χ1v) is 12.3. The summed E-state index contributed by atoms with van der Waals surface area (Å²) >= 11 is 0. The molecule has 0 bridgehead atoms. The van der Waals surface area contributed by atoms with Gasteiger partial charge in [0.15, 0.2) is 5.82 Å². The highest BCUT2D eigenvalue weighted by Gasteiger charge is 2.35. The number of hydrogen-bond donors (Lipinski definition) is 0. The molecule has 4 rings (SSSR count). The van der Waals surface area contributed by atoms with Gasteiger partial charge in [-0.15, -0.1) is 0 Å². The van der Waals surface area contributed by atoms with Gasteiger partial charge in [-0.2, -0.15) is 10.2 Å². The van der Waals surface area contributed by atoms with Crippen LogP contribution < -0.4 is 15.3 Å². The number of nitriles is 1. The Morgan fingerprint density at radius 2 is 1.83 bits per heavy atom. The molecule has 1 unspecified atom stereocenters. The first-order chi connectivity index (χ1) is 16.7. The largest absolute Gasteiger partial charge is 0.491 e. The van der Waals surface area contributed by atoms with E-state index in [2.05, 4.69) is 58.7 Å². The van der Waals surface area contributed by atoms with E-state index in [-0.39, 0.29) is 29.9 Å². The number of fused-ring (bicyclic) bond motifs is 1. The summed E-state index contributed by atoms with van der Waals surface area (Å²) in [4.78, 5) is 26.3. The molecule has 0 amide bonds. The molecule has 1 aliphatic heterocycles. The van der Waals surface area contributed by atoms with E-state index in [0.29, 0.717) is 22.5 Å². The third-order valence-electron chi connectivity index (χ3n) is 6.91. The minimum absolute atomic E-state index is 0.110. The Labute approximate surface area is 206 Å². The van der Waals surface area contributed by atoms with E-state index in [1.165, 1.54) is 10.1 Å². The number of nitrogens with zero attached hydrogens (tertiary/aromatic N) is 6. The molecule has 3 heterocycles. The number of aromatic nitrogens is 3. The molecule has 8 nitrogen and oxygen atoms in total. The normalized spacial score (nSPS) is 19.7. The van der Waals surface area contributed by atoms with Crippen LogP contribution >= 0.6 is 0 Å². The Morgan fingerprint density at radius 3 is 2.46 bits per heavy atom. The van der Waals surface area contributed by atoms with Gasteiger partial charge in [0.05, 0.1) is 11.6 Å². The van der Waals surface area contributed by atoms with E-state index in [9.17, 15) is 10.1 Å². The molecule has 1 fully saturated rings. The Hall–Kier alpha value is -3.44. The van der Waals surface area contributed by atoms with Gasteiger partial charge in [0.1, 0.15) is 23.0 Å². The van der Waals surface area contributed by atoms with Crippen molar-refractivity contribution in [1.82, 2.24) is 19.4 Å². The van der Waals surface area contributed by atoms with Gasteiger partial charge in [0, 0.05) is 38.3 Å². The molecule has 0 aliphatic carbocycles. The van der Waals surface area contributed by atoms with E-state index in [0.717, 1.165) is 25.3 Å². The highest BCUT2D eigenvalue weighted by atomic mass is 16.5. The van der Waals surface area contributed by atoms with Crippen LogP contribution in [-0.4, -0.2) is 50.7 Å². The molecule has 35 heavy (non-hydrogen) atoms. The molecule has 0 radical (unpaired) electrons. The summed E-state index contributed by atoms with van der Waals surface area (Å²) in [5.41, 5.74) is 2.52. The molecule has 1 aromatic carbocycles. The molecule has 0 spiro atoms. The molecule has 0 saturated carbocycles. The van der Waals surface area contributed by atoms with Crippen LogP contribution in [0.4, 0.5) is 5.82 Å². The topological polar surface area (TPSA) is 87.3 Å². The van der Waals surface area contributed by atoms with Gasteiger partial charge in [-0.05, 0) is 63.9 Å². The fourth-order valence-electron chi connectivity index (χ4n) is 4.96. The number of anilines is 1. The van der Waals surface area contributed by atoms with Gasteiger partial charge in [-0.25, -0.2) is 9.78 Å². The predicted octanol–water partition coefficient (Wildman–Crippen LogP) is 4.04. The standard InChI is InChI=1S/C27H34N6O2/c1-7-22-16-32(26-25-24(31(6)27(34)30-26)13-10-21(14-28)29-25)18(4)15-33(22)19(5)20-8-11-23(12-9-20)35-17(2)3/h8-13,17-19,22H,7,15-16H2,1-6H3/t18-,19?,22+/m0/s1. The average Bonchev–Trinajstić information content (AvgIpc) is 2.85. The Kier molecular flexibility index (Phi) is 7.08. The van der Waals surface area contributed by atoms with Crippen molar-refractivity contribution in [2.24, 2.45) is 7.05 Å². The number of rotatable bonds is 6. The maximum atomic E-state index is 12.7. The van der Waals surface area contributed by atoms with Crippen LogP contribution in [0, 0.1) is 11.3 Å². The summed E-state index contributed by atoms with van der Waals surface area (Å²) in [6.07, 6.45) is 1.11. The third-order valence-corrected chi connectivity index (χ3v) is 6.91. The summed E-state index contributed by atoms with van der Waals surface area (Å²) in [7, 11) is 1.69. The first kappa shape index (κ1) is 24.7. The zero-order chi connectivity index (χ0) is 25.3. The molecule has 1 aliphatic rings. The van der Waals surface area contributed by atoms with E-state index < -0.39 is 0 Å². The monoisotopic (exact) mass is 474 g/mol. The minimum atomic E-state index is -0.321. The number of benzene rings is 1. The van der Waals surface area contributed by atoms with E-state index in [1.807, 2.05) is 26.0 Å². The lowest BCUT2D eigenvalue weighted by Crippen LogP contribution is -2.58. The molecule has 8 heteroatoms. The van der Waals surface area contributed by atoms with Crippen molar-refractivity contribution in [3.63, 3.8) is 0 Å². The van der Waals surface area contributed by atoms with Crippen molar-refractivity contribution >= 4 is 16.9 Å².